The van der Waals surface area contributed by atoms with E-state index in [9.17, 15) is 13.2 Å². The number of nitrogens with one attached hydrogen (secondary N) is 1. The van der Waals surface area contributed by atoms with Gasteiger partial charge < -0.3 is 9.88 Å². The summed E-state index contributed by atoms with van der Waals surface area (Å²) in [5.41, 5.74) is 2.93. The molecule has 1 aromatic heterocycles. The minimum absolute atomic E-state index is 0.0660. The fraction of sp³-hybridized carbons (Fsp3) is 0.150. The van der Waals surface area contributed by atoms with Crippen LogP contribution in [0.2, 0.25) is 0 Å². The molecule has 0 radical (unpaired) electrons. The van der Waals surface area contributed by atoms with Gasteiger partial charge in [0.15, 0.2) is 15.7 Å². The van der Waals surface area contributed by atoms with Crippen LogP contribution in [0.3, 0.4) is 0 Å². The number of imidazole rings is 1. The van der Waals surface area contributed by atoms with Gasteiger partial charge in [-0.3, -0.25) is 9.79 Å². The van der Waals surface area contributed by atoms with E-state index in [1.54, 1.807) is 12.1 Å². The summed E-state index contributed by atoms with van der Waals surface area (Å²) in [5, 5.41) is 2.80. The SMILES string of the molecule is CS(=O)(=O)c1ccc(NC(=O)Cn2c(C3=CCC=N3)nc3ccccc32)cc1. The Hall–Kier alpha value is -3.26. The molecule has 0 saturated heterocycles. The monoisotopic (exact) mass is 394 g/mol. The first kappa shape index (κ1) is 18.1. The highest BCUT2D eigenvalue weighted by Gasteiger charge is 2.17. The first-order valence-corrected chi connectivity index (χ1v) is 10.6. The molecule has 1 aliphatic rings. The normalized spacial score (nSPS) is 13.7. The second kappa shape index (κ2) is 7.05. The number of sulfone groups is 1. The molecule has 0 atom stereocenters. The molecule has 1 N–H and O–H groups in total. The number of rotatable bonds is 5. The van der Waals surface area contributed by atoms with Crippen LogP contribution in [0.4, 0.5) is 5.69 Å². The highest BCUT2D eigenvalue weighted by atomic mass is 32.2. The van der Waals surface area contributed by atoms with Crippen LogP contribution in [-0.4, -0.2) is 36.3 Å². The zero-order chi connectivity index (χ0) is 19.7. The van der Waals surface area contributed by atoms with Gasteiger partial charge in [-0.25, -0.2) is 13.4 Å². The van der Waals surface area contributed by atoms with Crippen molar-refractivity contribution in [2.45, 2.75) is 17.9 Å². The summed E-state index contributed by atoms with van der Waals surface area (Å²) in [6.45, 7) is 0.0660. The second-order valence-corrected chi connectivity index (χ2v) is 8.51. The number of carbonyl (C=O) groups is 1. The van der Waals surface area contributed by atoms with Gasteiger partial charge in [0.05, 0.1) is 15.9 Å². The predicted octanol–water partition coefficient (Wildman–Crippen LogP) is 2.89. The van der Waals surface area contributed by atoms with E-state index < -0.39 is 9.84 Å². The molecular formula is C20H18N4O3S. The standard InChI is InChI=1S/C20H18N4O3S/c1-28(26,27)15-10-8-14(9-11-15)22-19(25)13-24-18-7-3-2-5-16(18)23-20(24)17-6-4-12-21-17/h2-3,5-12H,4,13H2,1H3,(H,22,25). The Morgan fingerprint density at radius 3 is 2.57 bits per heavy atom. The minimum atomic E-state index is -3.27. The van der Waals surface area contributed by atoms with Crippen molar-refractivity contribution in [3.8, 4) is 0 Å². The highest BCUT2D eigenvalue weighted by Crippen LogP contribution is 2.25. The molecule has 7 nitrogen and oxygen atoms in total. The zero-order valence-electron chi connectivity index (χ0n) is 15.2. The van der Waals surface area contributed by atoms with Crippen LogP contribution in [0.25, 0.3) is 16.7 Å². The molecule has 2 heterocycles. The van der Waals surface area contributed by atoms with Crippen molar-refractivity contribution in [3.05, 3.63) is 60.4 Å². The molecule has 0 fully saturated rings. The highest BCUT2D eigenvalue weighted by molar-refractivity contribution is 7.90. The summed E-state index contributed by atoms with van der Waals surface area (Å²) >= 11 is 0. The Kier molecular flexibility index (Phi) is 4.56. The van der Waals surface area contributed by atoms with Crippen molar-refractivity contribution in [2.75, 3.05) is 11.6 Å². The summed E-state index contributed by atoms with van der Waals surface area (Å²) in [6, 6.07) is 13.7. The number of hydrogen-bond donors (Lipinski definition) is 1. The van der Waals surface area contributed by atoms with Gasteiger partial charge in [-0.1, -0.05) is 12.1 Å². The number of para-hydroxylation sites is 2. The molecule has 0 aliphatic carbocycles. The molecule has 2 aromatic carbocycles. The number of aliphatic imine (C=N–C) groups is 1. The summed E-state index contributed by atoms with van der Waals surface area (Å²) in [5.74, 6) is 0.414. The number of fused-ring (bicyclic) bond motifs is 1. The Labute approximate surface area is 162 Å². The number of aromatic nitrogens is 2. The van der Waals surface area contributed by atoms with Crippen molar-refractivity contribution in [1.29, 1.82) is 0 Å². The lowest BCUT2D eigenvalue weighted by Gasteiger charge is -2.10. The molecule has 0 unspecified atom stereocenters. The Morgan fingerprint density at radius 2 is 1.89 bits per heavy atom. The number of hydrogen-bond acceptors (Lipinski definition) is 5. The number of anilines is 1. The molecule has 142 valence electrons. The Bertz CT molecular complexity index is 1220. The van der Waals surface area contributed by atoms with Crippen molar-refractivity contribution in [3.63, 3.8) is 0 Å². The number of carbonyl (C=O) groups excluding carboxylic acids is 1. The maximum absolute atomic E-state index is 12.6. The molecule has 1 amide bonds. The average Bonchev–Trinajstić information content (AvgIpc) is 3.30. The van der Waals surface area contributed by atoms with Gasteiger partial charge in [-0.2, -0.15) is 0 Å². The topological polar surface area (TPSA) is 93.4 Å². The smallest absolute Gasteiger partial charge is 0.244 e. The average molecular weight is 394 g/mol. The predicted molar refractivity (Wildman–Crippen MR) is 109 cm³/mol. The lowest BCUT2D eigenvalue weighted by atomic mass is 10.3. The molecule has 0 spiro atoms. The van der Waals surface area contributed by atoms with Crippen LogP contribution in [-0.2, 0) is 21.2 Å². The van der Waals surface area contributed by atoms with Gasteiger partial charge >= 0.3 is 0 Å². The maximum Gasteiger partial charge on any atom is 0.244 e. The van der Waals surface area contributed by atoms with Crippen molar-refractivity contribution in [2.24, 2.45) is 4.99 Å². The molecule has 0 saturated carbocycles. The van der Waals surface area contributed by atoms with E-state index in [2.05, 4.69) is 15.3 Å². The van der Waals surface area contributed by atoms with E-state index in [4.69, 9.17) is 0 Å². The Morgan fingerprint density at radius 1 is 1.14 bits per heavy atom. The lowest BCUT2D eigenvalue weighted by Crippen LogP contribution is -2.20. The van der Waals surface area contributed by atoms with Crippen molar-refractivity contribution < 1.29 is 13.2 Å². The summed E-state index contributed by atoms with van der Waals surface area (Å²) in [7, 11) is -3.27. The van der Waals surface area contributed by atoms with Gasteiger partial charge in [0.1, 0.15) is 12.2 Å². The minimum Gasteiger partial charge on any atom is -0.325 e. The maximum atomic E-state index is 12.6. The number of nitrogens with zero attached hydrogens (tertiary/aromatic N) is 3. The van der Waals surface area contributed by atoms with E-state index in [-0.39, 0.29) is 17.3 Å². The molecule has 1 aliphatic heterocycles. The third kappa shape index (κ3) is 3.59. The van der Waals surface area contributed by atoms with Gasteiger partial charge in [-0.05, 0) is 42.5 Å². The van der Waals surface area contributed by atoms with E-state index >= 15 is 0 Å². The van der Waals surface area contributed by atoms with E-state index in [1.807, 2.05) is 41.1 Å². The fourth-order valence-corrected chi connectivity index (χ4v) is 3.71. The molecule has 4 rings (SSSR count). The molecule has 28 heavy (non-hydrogen) atoms. The van der Waals surface area contributed by atoms with Crippen LogP contribution < -0.4 is 5.32 Å². The van der Waals surface area contributed by atoms with E-state index in [1.165, 1.54) is 12.1 Å². The molecular weight excluding hydrogens is 376 g/mol. The second-order valence-electron chi connectivity index (χ2n) is 6.49. The molecule has 0 bridgehead atoms. The fourth-order valence-electron chi connectivity index (χ4n) is 3.08. The van der Waals surface area contributed by atoms with Crippen LogP contribution in [0.1, 0.15) is 12.2 Å². The molecule has 3 aromatic rings. The van der Waals surface area contributed by atoms with Gasteiger partial charge in [-0.15, -0.1) is 0 Å². The van der Waals surface area contributed by atoms with Crippen LogP contribution >= 0.6 is 0 Å². The number of allylic oxidation sites excluding steroid dienone is 1. The Balaban J connectivity index is 1.60. The first-order chi connectivity index (χ1) is 13.4. The number of benzene rings is 2. The van der Waals surface area contributed by atoms with Gasteiger partial charge in [0.25, 0.3) is 0 Å². The van der Waals surface area contributed by atoms with E-state index in [0.29, 0.717) is 11.5 Å². The van der Waals surface area contributed by atoms with Gasteiger partial charge in [0, 0.05) is 24.6 Å². The van der Waals surface area contributed by atoms with Crippen molar-refractivity contribution >= 4 is 44.4 Å². The summed E-state index contributed by atoms with van der Waals surface area (Å²) < 4.78 is 24.9. The van der Waals surface area contributed by atoms with Crippen molar-refractivity contribution in [1.82, 2.24) is 9.55 Å². The summed E-state index contributed by atoms with van der Waals surface area (Å²) in [6.07, 6.45) is 5.67. The first-order valence-electron chi connectivity index (χ1n) is 8.70. The van der Waals surface area contributed by atoms with E-state index in [0.717, 1.165) is 29.4 Å². The zero-order valence-corrected chi connectivity index (χ0v) is 16.0. The molecule has 8 heteroatoms. The third-order valence-corrected chi connectivity index (χ3v) is 5.53. The van der Waals surface area contributed by atoms with Gasteiger partial charge in [0.2, 0.25) is 5.91 Å². The largest absolute Gasteiger partial charge is 0.325 e. The van der Waals surface area contributed by atoms with Crippen LogP contribution in [0.5, 0.6) is 0 Å². The lowest BCUT2D eigenvalue weighted by molar-refractivity contribution is -0.116. The van der Waals surface area contributed by atoms with Crippen LogP contribution in [0.15, 0.2) is 64.5 Å². The third-order valence-electron chi connectivity index (χ3n) is 4.40. The van der Waals surface area contributed by atoms with Crippen LogP contribution in [0, 0.1) is 0 Å². The number of amides is 1. The quantitative estimate of drug-likeness (QED) is 0.720. The summed E-state index contributed by atoms with van der Waals surface area (Å²) in [4.78, 5) is 21.8.